The minimum atomic E-state index is -0.777. The van der Waals surface area contributed by atoms with E-state index in [4.69, 9.17) is 14.2 Å². The summed E-state index contributed by atoms with van der Waals surface area (Å²) < 4.78 is 30.2. The Bertz CT molecular complexity index is 424. The number of benzene rings is 1. The summed E-state index contributed by atoms with van der Waals surface area (Å²) in [5.41, 5.74) is 0. The largest absolute Gasteiger partial charge is 0.488 e. The van der Waals surface area contributed by atoms with Crippen LogP contribution in [0, 0.1) is 5.82 Å². The van der Waals surface area contributed by atoms with Gasteiger partial charge in [-0.25, -0.2) is 4.39 Å². The molecule has 0 spiro atoms. The van der Waals surface area contributed by atoms with Gasteiger partial charge in [0.05, 0.1) is 12.7 Å². The Morgan fingerprint density at radius 3 is 2.80 bits per heavy atom. The van der Waals surface area contributed by atoms with Crippen LogP contribution in [0.3, 0.4) is 0 Å². The standard InChI is InChI=1S/C14H18BrFO4/c15-10-1-2-14(13(16)7-10)20-9-11(17)8-19-12-3-5-18-6-4-12/h1-2,7,11-12,17H,3-6,8-9H2. The molecule has 1 atom stereocenters. The number of hydrogen-bond acceptors (Lipinski definition) is 4. The highest BCUT2D eigenvalue weighted by molar-refractivity contribution is 9.10. The van der Waals surface area contributed by atoms with Crippen LogP contribution in [-0.4, -0.2) is 43.7 Å². The van der Waals surface area contributed by atoms with Gasteiger partial charge in [-0.3, -0.25) is 0 Å². The summed E-state index contributed by atoms with van der Waals surface area (Å²) in [5.74, 6) is -0.338. The van der Waals surface area contributed by atoms with Crippen LogP contribution < -0.4 is 4.74 Å². The van der Waals surface area contributed by atoms with E-state index in [1.807, 2.05) is 0 Å². The minimum absolute atomic E-state index is 0.00176. The summed E-state index contributed by atoms with van der Waals surface area (Å²) in [6.07, 6.45) is 1.04. The maximum absolute atomic E-state index is 13.5. The van der Waals surface area contributed by atoms with E-state index in [9.17, 15) is 9.50 Å². The third-order valence-corrected chi connectivity index (χ3v) is 3.51. The van der Waals surface area contributed by atoms with Crippen LogP contribution in [-0.2, 0) is 9.47 Å². The number of ether oxygens (including phenoxy) is 3. The first kappa shape index (κ1) is 15.7. The Morgan fingerprint density at radius 2 is 2.10 bits per heavy atom. The molecule has 0 bridgehead atoms. The first-order valence-corrected chi connectivity index (χ1v) is 7.39. The second-order valence-corrected chi connectivity index (χ2v) is 5.60. The van der Waals surface area contributed by atoms with Crippen molar-refractivity contribution in [3.05, 3.63) is 28.5 Å². The van der Waals surface area contributed by atoms with Crippen molar-refractivity contribution in [3.63, 3.8) is 0 Å². The normalized spacial score (nSPS) is 17.9. The van der Waals surface area contributed by atoms with Crippen molar-refractivity contribution in [1.29, 1.82) is 0 Å². The van der Waals surface area contributed by atoms with Gasteiger partial charge in [0.1, 0.15) is 12.7 Å². The SMILES string of the molecule is OC(COc1ccc(Br)cc1F)COC1CCOCC1. The van der Waals surface area contributed by atoms with E-state index in [0.29, 0.717) is 17.7 Å². The molecule has 1 aliphatic rings. The Kier molecular flexibility index (Phi) is 6.22. The second kappa shape index (κ2) is 7.93. The molecule has 1 N–H and O–H groups in total. The predicted octanol–water partition coefficient (Wildman–Crippen LogP) is 2.52. The summed E-state index contributed by atoms with van der Waals surface area (Å²) in [5, 5.41) is 9.77. The molecule has 1 unspecified atom stereocenters. The van der Waals surface area contributed by atoms with Gasteiger partial charge in [0.15, 0.2) is 11.6 Å². The lowest BCUT2D eigenvalue weighted by molar-refractivity contribution is -0.0661. The number of aliphatic hydroxyl groups is 1. The molecule has 1 aromatic rings. The highest BCUT2D eigenvalue weighted by Gasteiger charge is 2.16. The monoisotopic (exact) mass is 348 g/mol. The lowest BCUT2D eigenvalue weighted by Gasteiger charge is -2.23. The van der Waals surface area contributed by atoms with Gasteiger partial charge in [-0.15, -0.1) is 0 Å². The minimum Gasteiger partial charge on any atom is -0.488 e. The summed E-state index contributed by atoms with van der Waals surface area (Å²) >= 11 is 3.17. The molecule has 1 fully saturated rings. The highest BCUT2D eigenvalue weighted by Crippen LogP contribution is 2.21. The number of rotatable bonds is 6. The van der Waals surface area contributed by atoms with E-state index in [1.165, 1.54) is 12.1 Å². The zero-order valence-electron chi connectivity index (χ0n) is 11.1. The second-order valence-electron chi connectivity index (χ2n) is 4.68. The first-order valence-electron chi connectivity index (χ1n) is 6.60. The Labute approximate surface area is 126 Å². The molecule has 1 aliphatic heterocycles. The molecule has 1 heterocycles. The molecule has 0 aromatic heterocycles. The summed E-state index contributed by atoms with van der Waals surface area (Å²) in [6, 6.07) is 4.52. The lowest BCUT2D eigenvalue weighted by Crippen LogP contribution is -2.30. The van der Waals surface area contributed by atoms with E-state index in [2.05, 4.69) is 15.9 Å². The summed E-state index contributed by atoms with van der Waals surface area (Å²) in [4.78, 5) is 0. The quantitative estimate of drug-likeness (QED) is 0.858. The van der Waals surface area contributed by atoms with Crippen LogP contribution in [0.15, 0.2) is 22.7 Å². The van der Waals surface area contributed by atoms with Gasteiger partial charge in [-0.2, -0.15) is 0 Å². The van der Waals surface area contributed by atoms with E-state index < -0.39 is 11.9 Å². The molecule has 1 aromatic carbocycles. The topological polar surface area (TPSA) is 47.9 Å². The van der Waals surface area contributed by atoms with E-state index in [-0.39, 0.29) is 25.1 Å². The molecule has 0 radical (unpaired) electrons. The van der Waals surface area contributed by atoms with Crippen molar-refractivity contribution in [2.24, 2.45) is 0 Å². The van der Waals surface area contributed by atoms with E-state index in [0.717, 1.165) is 12.8 Å². The molecule has 112 valence electrons. The van der Waals surface area contributed by atoms with Crippen LogP contribution in [0.25, 0.3) is 0 Å². The van der Waals surface area contributed by atoms with Crippen LogP contribution >= 0.6 is 15.9 Å². The highest BCUT2D eigenvalue weighted by atomic mass is 79.9. The molecule has 0 saturated carbocycles. The average molecular weight is 349 g/mol. The predicted molar refractivity (Wildman–Crippen MR) is 75.4 cm³/mol. The summed E-state index contributed by atoms with van der Waals surface area (Å²) in [7, 11) is 0. The Morgan fingerprint density at radius 1 is 1.35 bits per heavy atom. The van der Waals surface area contributed by atoms with Crippen LogP contribution in [0.5, 0.6) is 5.75 Å². The van der Waals surface area contributed by atoms with Gasteiger partial charge in [-0.1, -0.05) is 15.9 Å². The molecule has 1 saturated heterocycles. The molecule has 4 nitrogen and oxygen atoms in total. The zero-order chi connectivity index (χ0) is 14.4. The summed E-state index contributed by atoms with van der Waals surface area (Å²) in [6.45, 7) is 1.58. The molecular weight excluding hydrogens is 331 g/mol. The van der Waals surface area contributed by atoms with Crippen molar-refractivity contribution in [3.8, 4) is 5.75 Å². The van der Waals surface area contributed by atoms with Crippen molar-refractivity contribution in [2.75, 3.05) is 26.4 Å². The third-order valence-electron chi connectivity index (χ3n) is 3.02. The molecular formula is C14H18BrFO4. The van der Waals surface area contributed by atoms with Gasteiger partial charge < -0.3 is 19.3 Å². The number of hydrogen-bond donors (Lipinski definition) is 1. The molecule has 0 aliphatic carbocycles. The molecule has 2 rings (SSSR count). The molecule has 20 heavy (non-hydrogen) atoms. The van der Waals surface area contributed by atoms with E-state index in [1.54, 1.807) is 6.07 Å². The third kappa shape index (κ3) is 5.01. The number of halogens is 2. The first-order chi connectivity index (χ1) is 9.65. The maximum Gasteiger partial charge on any atom is 0.166 e. The van der Waals surface area contributed by atoms with Gasteiger partial charge in [0.2, 0.25) is 0 Å². The maximum atomic E-state index is 13.5. The average Bonchev–Trinajstić information content (AvgIpc) is 2.45. The fourth-order valence-corrected chi connectivity index (χ4v) is 2.25. The van der Waals surface area contributed by atoms with Crippen LogP contribution in [0.1, 0.15) is 12.8 Å². The number of aliphatic hydroxyl groups excluding tert-OH is 1. The zero-order valence-corrected chi connectivity index (χ0v) is 12.6. The Balaban J connectivity index is 1.70. The van der Waals surface area contributed by atoms with Crippen LogP contribution in [0.2, 0.25) is 0 Å². The fraction of sp³-hybridized carbons (Fsp3) is 0.571. The van der Waals surface area contributed by atoms with Gasteiger partial charge in [0, 0.05) is 17.7 Å². The smallest absolute Gasteiger partial charge is 0.166 e. The van der Waals surface area contributed by atoms with Gasteiger partial charge in [0.25, 0.3) is 0 Å². The molecule has 0 amide bonds. The Hall–Kier alpha value is -0.690. The van der Waals surface area contributed by atoms with Gasteiger partial charge >= 0.3 is 0 Å². The van der Waals surface area contributed by atoms with Gasteiger partial charge in [-0.05, 0) is 31.0 Å². The van der Waals surface area contributed by atoms with Crippen molar-refractivity contribution < 1.29 is 23.7 Å². The van der Waals surface area contributed by atoms with Crippen molar-refractivity contribution in [1.82, 2.24) is 0 Å². The van der Waals surface area contributed by atoms with Crippen molar-refractivity contribution in [2.45, 2.75) is 25.0 Å². The lowest BCUT2D eigenvalue weighted by atomic mass is 10.1. The fourth-order valence-electron chi connectivity index (χ4n) is 1.92. The van der Waals surface area contributed by atoms with E-state index >= 15 is 0 Å². The molecule has 6 heteroatoms. The van der Waals surface area contributed by atoms with Crippen molar-refractivity contribution >= 4 is 15.9 Å². The van der Waals surface area contributed by atoms with Crippen LogP contribution in [0.4, 0.5) is 4.39 Å².